The third-order valence-electron chi connectivity index (χ3n) is 2.83. The van der Waals surface area contributed by atoms with Gasteiger partial charge in [0.05, 0.1) is 5.56 Å². The van der Waals surface area contributed by atoms with E-state index in [1.807, 2.05) is 0 Å². The predicted octanol–water partition coefficient (Wildman–Crippen LogP) is 2.52. The molecule has 5 heteroatoms. The van der Waals surface area contributed by atoms with Crippen LogP contribution in [0.25, 0.3) is 0 Å². The molecule has 0 aliphatic rings. The normalized spacial score (nSPS) is 10.3. The highest BCUT2D eigenvalue weighted by atomic mass is 19.1. The van der Waals surface area contributed by atoms with Crippen LogP contribution < -0.4 is 11.1 Å². The number of carbonyl (C=O) groups is 1. The summed E-state index contributed by atoms with van der Waals surface area (Å²) >= 11 is 0. The lowest BCUT2D eigenvalue weighted by molar-refractivity contribution is 0.0950. The first kappa shape index (κ1) is 14.0. The second kappa shape index (κ2) is 6.14. The molecule has 0 spiro atoms. The first-order valence-electron chi connectivity index (χ1n) is 6.14. The Kier molecular flexibility index (Phi) is 4.30. The zero-order chi connectivity index (χ0) is 14.5. The molecule has 0 saturated heterocycles. The number of hydrogen-bond acceptors (Lipinski definition) is 2. The van der Waals surface area contributed by atoms with Gasteiger partial charge in [0.15, 0.2) is 0 Å². The molecule has 20 heavy (non-hydrogen) atoms. The fourth-order valence-electron chi connectivity index (χ4n) is 1.82. The molecule has 0 aliphatic heterocycles. The quantitative estimate of drug-likeness (QED) is 0.843. The minimum absolute atomic E-state index is 0.0570. The molecule has 3 N–H and O–H groups in total. The lowest BCUT2D eigenvalue weighted by Crippen LogP contribution is -2.26. The number of carbonyl (C=O) groups excluding carboxylic acids is 1. The summed E-state index contributed by atoms with van der Waals surface area (Å²) in [6.07, 6.45) is 0.472. The number of amides is 1. The van der Waals surface area contributed by atoms with E-state index in [4.69, 9.17) is 5.73 Å². The Balaban J connectivity index is 1.92. The molecule has 0 fully saturated rings. The molecule has 0 atom stereocenters. The topological polar surface area (TPSA) is 55.1 Å². The van der Waals surface area contributed by atoms with Crippen molar-refractivity contribution in [3.63, 3.8) is 0 Å². The Bertz CT molecular complexity index is 629. The smallest absolute Gasteiger partial charge is 0.254 e. The van der Waals surface area contributed by atoms with Crippen LogP contribution in [0.1, 0.15) is 15.9 Å². The van der Waals surface area contributed by atoms with Gasteiger partial charge in [-0.25, -0.2) is 8.78 Å². The molecule has 2 aromatic carbocycles. The summed E-state index contributed by atoms with van der Waals surface area (Å²) in [7, 11) is 0. The Morgan fingerprint density at radius 1 is 1.15 bits per heavy atom. The van der Waals surface area contributed by atoms with Gasteiger partial charge < -0.3 is 11.1 Å². The van der Waals surface area contributed by atoms with Gasteiger partial charge in [0.25, 0.3) is 5.91 Å². The van der Waals surface area contributed by atoms with E-state index in [1.54, 1.807) is 12.1 Å². The minimum atomic E-state index is -0.659. The molecule has 2 rings (SSSR count). The van der Waals surface area contributed by atoms with Crippen LogP contribution in [-0.2, 0) is 6.42 Å². The number of nitrogens with two attached hydrogens (primary N) is 1. The van der Waals surface area contributed by atoms with Gasteiger partial charge in [-0.3, -0.25) is 4.79 Å². The zero-order valence-electron chi connectivity index (χ0n) is 10.7. The summed E-state index contributed by atoms with van der Waals surface area (Å²) < 4.78 is 26.5. The highest BCUT2D eigenvalue weighted by molar-refractivity contribution is 5.94. The zero-order valence-corrected chi connectivity index (χ0v) is 10.7. The molecule has 2 aromatic rings. The minimum Gasteiger partial charge on any atom is -0.399 e. The average Bonchev–Trinajstić information content (AvgIpc) is 2.38. The summed E-state index contributed by atoms with van der Waals surface area (Å²) in [4.78, 5) is 11.8. The lowest BCUT2D eigenvalue weighted by atomic mass is 10.1. The van der Waals surface area contributed by atoms with Gasteiger partial charge >= 0.3 is 0 Å². The predicted molar refractivity (Wildman–Crippen MR) is 73.2 cm³/mol. The summed E-state index contributed by atoms with van der Waals surface area (Å²) in [5.74, 6) is -1.49. The molecular formula is C15H14F2N2O. The summed E-state index contributed by atoms with van der Waals surface area (Å²) in [6.45, 7) is 0.298. The molecule has 0 bridgehead atoms. The Morgan fingerprint density at radius 2 is 1.95 bits per heavy atom. The molecule has 0 saturated carbocycles. The van der Waals surface area contributed by atoms with E-state index in [1.165, 1.54) is 24.3 Å². The van der Waals surface area contributed by atoms with Crippen molar-refractivity contribution >= 4 is 11.6 Å². The van der Waals surface area contributed by atoms with Crippen LogP contribution in [0.5, 0.6) is 0 Å². The Labute approximate surface area is 115 Å². The van der Waals surface area contributed by atoms with Gasteiger partial charge in [0.1, 0.15) is 11.6 Å². The van der Waals surface area contributed by atoms with Crippen LogP contribution in [0.15, 0.2) is 42.5 Å². The lowest BCUT2D eigenvalue weighted by Gasteiger charge is -2.07. The number of nitrogens with one attached hydrogen (secondary N) is 1. The molecule has 0 heterocycles. The molecule has 3 nitrogen and oxygen atoms in total. The first-order chi connectivity index (χ1) is 9.56. The van der Waals surface area contributed by atoms with Crippen LogP contribution >= 0.6 is 0 Å². The SMILES string of the molecule is Nc1ccc(C(=O)NCCc2cccc(F)c2)c(F)c1. The first-order valence-corrected chi connectivity index (χ1v) is 6.14. The molecule has 0 aliphatic carbocycles. The van der Waals surface area contributed by atoms with E-state index in [9.17, 15) is 13.6 Å². The van der Waals surface area contributed by atoms with Gasteiger partial charge in [-0.15, -0.1) is 0 Å². The van der Waals surface area contributed by atoms with Crippen molar-refractivity contribution in [1.29, 1.82) is 0 Å². The Hall–Kier alpha value is -2.43. The summed E-state index contributed by atoms with van der Waals surface area (Å²) in [5.41, 5.74) is 6.38. The molecule has 0 radical (unpaired) electrons. The van der Waals surface area contributed by atoms with Crippen molar-refractivity contribution in [1.82, 2.24) is 5.32 Å². The van der Waals surface area contributed by atoms with E-state index in [2.05, 4.69) is 5.32 Å². The van der Waals surface area contributed by atoms with Crippen LogP contribution in [0.4, 0.5) is 14.5 Å². The maximum absolute atomic E-state index is 13.5. The maximum Gasteiger partial charge on any atom is 0.254 e. The van der Waals surface area contributed by atoms with Crippen molar-refractivity contribution in [2.75, 3.05) is 12.3 Å². The second-order valence-electron chi connectivity index (χ2n) is 4.38. The van der Waals surface area contributed by atoms with Gasteiger partial charge in [-0.2, -0.15) is 0 Å². The maximum atomic E-state index is 13.5. The van der Waals surface area contributed by atoms with Crippen molar-refractivity contribution in [2.45, 2.75) is 6.42 Å². The second-order valence-corrected chi connectivity index (χ2v) is 4.38. The Morgan fingerprint density at radius 3 is 2.65 bits per heavy atom. The monoisotopic (exact) mass is 276 g/mol. The van der Waals surface area contributed by atoms with Crippen molar-refractivity contribution < 1.29 is 13.6 Å². The van der Waals surface area contributed by atoms with E-state index in [0.29, 0.717) is 13.0 Å². The van der Waals surface area contributed by atoms with Gasteiger partial charge in [0.2, 0.25) is 0 Å². The van der Waals surface area contributed by atoms with Crippen LogP contribution in [0.3, 0.4) is 0 Å². The molecule has 0 aromatic heterocycles. The number of benzene rings is 2. The number of anilines is 1. The van der Waals surface area contributed by atoms with Crippen molar-refractivity contribution in [3.8, 4) is 0 Å². The molecule has 1 amide bonds. The fraction of sp³-hybridized carbons (Fsp3) is 0.133. The number of nitrogen functional groups attached to an aromatic ring is 1. The third-order valence-corrected chi connectivity index (χ3v) is 2.83. The highest BCUT2D eigenvalue weighted by Gasteiger charge is 2.11. The number of halogens is 2. The molecular weight excluding hydrogens is 262 g/mol. The van der Waals surface area contributed by atoms with E-state index in [0.717, 1.165) is 11.6 Å². The van der Waals surface area contributed by atoms with Gasteiger partial charge in [-0.1, -0.05) is 12.1 Å². The largest absolute Gasteiger partial charge is 0.399 e. The van der Waals surface area contributed by atoms with Crippen LogP contribution in [0.2, 0.25) is 0 Å². The highest BCUT2D eigenvalue weighted by Crippen LogP contribution is 2.11. The van der Waals surface area contributed by atoms with E-state index < -0.39 is 11.7 Å². The summed E-state index contributed by atoms with van der Waals surface area (Å²) in [6, 6.07) is 10.0. The van der Waals surface area contributed by atoms with Crippen LogP contribution in [-0.4, -0.2) is 12.5 Å². The average molecular weight is 276 g/mol. The summed E-state index contributed by atoms with van der Waals surface area (Å²) in [5, 5.41) is 2.58. The van der Waals surface area contributed by atoms with Crippen molar-refractivity contribution in [3.05, 3.63) is 65.2 Å². The van der Waals surface area contributed by atoms with E-state index in [-0.39, 0.29) is 17.1 Å². The fourth-order valence-corrected chi connectivity index (χ4v) is 1.82. The van der Waals surface area contributed by atoms with Gasteiger partial charge in [0, 0.05) is 12.2 Å². The standard InChI is InChI=1S/C15H14F2N2O/c16-11-3-1-2-10(8-11)6-7-19-15(20)13-5-4-12(18)9-14(13)17/h1-5,8-9H,6-7,18H2,(H,19,20). The molecule has 0 unspecified atom stereocenters. The van der Waals surface area contributed by atoms with E-state index >= 15 is 0 Å². The van der Waals surface area contributed by atoms with Crippen molar-refractivity contribution in [2.24, 2.45) is 0 Å². The number of hydrogen-bond donors (Lipinski definition) is 2. The third kappa shape index (κ3) is 3.54. The molecule has 104 valence electrons. The van der Waals surface area contributed by atoms with Crippen LogP contribution in [0, 0.1) is 11.6 Å². The number of rotatable bonds is 4. The van der Waals surface area contributed by atoms with Gasteiger partial charge in [-0.05, 0) is 42.3 Å².